The number of hydrogen-bond donors (Lipinski definition) is 3. The molecule has 0 aliphatic carbocycles. The molecule has 0 aromatic heterocycles. The van der Waals surface area contributed by atoms with Crippen molar-refractivity contribution in [2.45, 2.75) is 17.9 Å². The first-order valence-electron chi connectivity index (χ1n) is 4.50. The number of primary amides is 1. The van der Waals surface area contributed by atoms with Crippen LogP contribution in [0.2, 0.25) is 0 Å². The van der Waals surface area contributed by atoms with Crippen molar-refractivity contribution in [2.75, 3.05) is 0 Å². The normalized spacial score (nSPS) is 11.9. The summed E-state index contributed by atoms with van der Waals surface area (Å²) in [7, 11) is 0. The van der Waals surface area contributed by atoms with Crippen LogP contribution in [0.3, 0.4) is 0 Å². The minimum absolute atomic E-state index is 0.352. The molecular formula is C10H11IN2O2S. The van der Waals surface area contributed by atoms with E-state index in [1.165, 1.54) is 6.92 Å². The lowest BCUT2D eigenvalue weighted by molar-refractivity contribution is -0.119. The van der Waals surface area contributed by atoms with Gasteiger partial charge in [-0.1, -0.05) is 0 Å². The molecule has 1 unspecified atom stereocenters. The van der Waals surface area contributed by atoms with E-state index in [1.54, 1.807) is 12.1 Å². The summed E-state index contributed by atoms with van der Waals surface area (Å²) in [6, 6.07) is 4.58. The molecule has 3 N–H and O–H groups in total. The van der Waals surface area contributed by atoms with Crippen molar-refractivity contribution >= 4 is 47.0 Å². The van der Waals surface area contributed by atoms with Crippen LogP contribution >= 0.6 is 35.2 Å². The summed E-state index contributed by atoms with van der Waals surface area (Å²) in [4.78, 5) is 23.1. The van der Waals surface area contributed by atoms with Crippen molar-refractivity contribution in [3.63, 3.8) is 0 Å². The van der Waals surface area contributed by atoms with Crippen molar-refractivity contribution < 1.29 is 9.59 Å². The minimum atomic E-state index is -0.696. The van der Waals surface area contributed by atoms with Crippen LogP contribution in [-0.2, 0) is 4.79 Å². The van der Waals surface area contributed by atoms with Gasteiger partial charge in [0, 0.05) is 8.47 Å². The molecule has 0 aliphatic heterocycles. The molecule has 1 aromatic rings. The molecule has 0 saturated heterocycles. The van der Waals surface area contributed by atoms with Crippen LogP contribution in [0.15, 0.2) is 23.1 Å². The number of nitrogens with one attached hydrogen (secondary N) is 1. The highest BCUT2D eigenvalue weighted by Crippen LogP contribution is 2.17. The third kappa shape index (κ3) is 3.38. The van der Waals surface area contributed by atoms with Crippen molar-refractivity contribution in [3.8, 4) is 0 Å². The number of halogens is 1. The van der Waals surface area contributed by atoms with E-state index in [9.17, 15) is 9.59 Å². The fraction of sp³-hybridized carbons (Fsp3) is 0.200. The average Bonchev–Trinajstić information content (AvgIpc) is 2.21. The molecule has 2 amide bonds. The number of thiol groups is 1. The second-order valence-electron chi connectivity index (χ2n) is 3.26. The number of carbonyl (C=O) groups is 2. The third-order valence-electron chi connectivity index (χ3n) is 1.98. The molecule has 1 rings (SSSR count). The maximum atomic E-state index is 11.8. The molecule has 4 nitrogen and oxygen atoms in total. The first-order valence-corrected chi connectivity index (χ1v) is 6.03. The average molecular weight is 350 g/mol. The summed E-state index contributed by atoms with van der Waals surface area (Å²) in [6.07, 6.45) is 0. The maximum absolute atomic E-state index is 11.8. The van der Waals surface area contributed by atoms with E-state index in [-0.39, 0.29) is 5.91 Å². The second kappa shape index (κ2) is 5.53. The molecule has 1 atom stereocenters. The predicted molar refractivity (Wildman–Crippen MR) is 72.5 cm³/mol. The van der Waals surface area contributed by atoms with Gasteiger partial charge in [-0.05, 0) is 47.7 Å². The largest absolute Gasteiger partial charge is 0.368 e. The van der Waals surface area contributed by atoms with Gasteiger partial charge in [0.2, 0.25) is 5.91 Å². The van der Waals surface area contributed by atoms with E-state index in [0.29, 0.717) is 10.5 Å². The fourth-order valence-electron chi connectivity index (χ4n) is 1.04. The molecule has 0 heterocycles. The standard InChI is InChI=1S/C10H11IN2O2S/c1-5(9(12)14)13-10(15)7-4-6(11)2-3-8(7)16/h2-5,16H,1H3,(H2,12,14)(H,13,15). The highest BCUT2D eigenvalue weighted by molar-refractivity contribution is 14.1. The fourth-order valence-corrected chi connectivity index (χ4v) is 1.77. The maximum Gasteiger partial charge on any atom is 0.253 e. The van der Waals surface area contributed by atoms with Gasteiger partial charge in [0.25, 0.3) is 5.91 Å². The van der Waals surface area contributed by atoms with Gasteiger partial charge in [-0.25, -0.2) is 0 Å². The summed E-state index contributed by atoms with van der Waals surface area (Å²) in [5.41, 5.74) is 5.49. The van der Waals surface area contributed by atoms with E-state index in [4.69, 9.17) is 5.73 Å². The Kier molecular flexibility index (Phi) is 4.60. The van der Waals surface area contributed by atoms with Crippen LogP contribution < -0.4 is 11.1 Å². The molecule has 6 heteroatoms. The topological polar surface area (TPSA) is 72.2 Å². The van der Waals surface area contributed by atoms with E-state index < -0.39 is 11.9 Å². The Labute approximate surface area is 113 Å². The monoisotopic (exact) mass is 350 g/mol. The third-order valence-corrected chi connectivity index (χ3v) is 3.04. The summed E-state index contributed by atoms with van der Waals surface area (Å²) in [6.45, 7) is 1.53. The van der Waals surface area contributed by atoms with Gasteiger partial charge in [-0.15, -0.1) is 12.6 Å². The SMILES string of the molecule is CC(NC(=O)c1cc(I)ccc1S)C(N)=O. The molecule has 0 spiro atoms. The zero-order valence-corrected chi connectivity index (χ0v) is 11.6. The van der Waals surface area contributed by atoms with Crippen molar-refractivity contribution in [2.24, 2.45) is 5.73 Å². The molecule has 0 radical (unpaired) electrons. The first kappa shape index (κ1) is 13.3. The molecule has 1 aromatic carbocycles. The lowest BCUT2D eigenvalue weighted by Gasteiger charge is -2.11. The van der Waals surface area contributed by atoms with Crippen LogP contribution in [0.1, 0.15) is 17.3 Å². The van der Waals surface area contributed by atoms with Crippen LogP contribution in [0.5, 0.6) is 0 Å². The molecule has 0 fully saturated rings. The quantitative estimate of drug-likeness (QED) is 0.566. The van der Waals surface area contributed by atoms with Crippen LogP contribution in [-0.4, -0.2) is 17.9 Å². The molecule has 16 heavy (non-hydrogen) atoms. The Morgan fingerprint density at radius 3 is 2.69 bits per heavy atom. The summed E-state index contributed by atoms with van der Waals surface area (Å²) < 4.78 is 0.923. The van der Waals surface area contributed by atoms with Crippen LogP contribution in [0.25, 0.3) is 0 Å². The Morgan fingerprint density at radius 2 is 2.12 bits per heavy atom. The lowest BCUT2D eigenvalue weighted by atomic mass is 10.2. The first-order chi connectivity index (χ1) is 7.41. The summed E-state index contributed by atoms with van der Waals surface area (Å²) in [5.74, 6) is -0.922. The number of hydrogen-bond acceptors (Lipinski definition) is 3. The van der Waals surface area contributed by atoms with Gasteiger partial charge in [0.1, 0.15) is 6.04 Å². The number of carbonyl (C=O) groups excluding carboxylic acids is 2. The van der Waals surface area contributed by atoms with E-state index in [0.717, 1.165) is 3.57 Å². The molecule has 0 bridgehead atoms. The van der Waals surface area contributed by atoms with Crippen molar-refractivity contribution in [1.29, 1.82) is 0 Å². The number of rotatable bonds is 3. The molecule has 0 saturated carbocycles. The zero-order chi connectivity index (χ0) is 12.3. The molecular weight excluding hydrogens is 339 g/mol. The van der Waals surface area contributed by atoms with E-state index >= 15 is 0 Å². The Morgan fingerprint density at radius 1 is 1.50 bits per heavy atom. The Balaban J connectivity index is 2.88. The highest BCUT2D eigenvalue weighted by atomic mass is 127. The van der Waals surface area contributed by atoms with Gasteiger partial charge in [0.15, 0.2) is 0 Å². The number of nitrogens with two attached hydrogens (primary N) is 1. The number of benzene rings is 1. The van der Waals surface area contributed by atoms with E-state index in [2.05, 4.69) is 40.5 Å². The molecule has 86 valence electrons. The van der Waals surface area contributed by atoms with Gasteiger partial charge in [-0.3, -0.25) is 9.59 Å². The number of amides is 2. The Hall–Kier alpha value is -0.760. The van der Waals surface area contributed by atoms with Gasteiger partial charge in [0.05, 0.1) is 5.56 Å². The summed E-state index contributed by atoms with van der Waals surface area (Å²) >= 11 is 6.28. The highest BCUT2D eigenvalue weighted by Gasteiger charge is 2.15. The van der Waals surface area contributed by atoms with Crippen LogP contribution in [0.4, 0.5) is 0 Å². The van der Waals surface area contributed by atoms with Gasteiger partial charge >= 0.3 is 0 Å². The van der Waals surface area contributed by atoms with Gasteiger partial charge in [-0.2, -0.15) is 0 Å². The zero-order valence-electron chi connectivity index (χ0n) is 8.53. The molecule has 0 aliphatic rings. The second-order valence-corrected chi connectivity index (χ2v) is 4.99. The Bertz CT molecular complexity index is 437. The van der Waals surface area contributed by atoms with Crippen LogP contribution in [0, 0.1) is 3.57 Å². The van der Waals surface area contributed by atoms with Gasteiger partial charge < -0.3 is 11.1 Å². The minimum Gasteiger partial charge on any atom is -0.368 e. The lowest BCUT2D eigenvalue weighted by Crippen LogP contribution is -2.42. The smallest absolute Gasteiger partial charge is 0.253 e. The van der Waals surface area contributed by atoms with E-state index in [1.807, 2.05) is 6.07 Å². The van der Waals surface area contributed by atoms with Crippen molar-refractivity contribution in [1.82, 2.24) is 5.32 Å². The predicted octanol–water partition coefficient (Wildman–Crippen LogP) is 1.18. The summed E-state index contributed by atoms with van der Waals surface area (Å²) in [5, 5.41) is 2.50. The van der Waals surface area contributed by atoms with Crippen molar-refractivity contribution in [3.05, 3.63) is 27.3 Å².